The van der Waals surface area contributed by atoms with Gasteiger partial charge < -0.3 is 4.74 Å². The van der Waals surface area contributed by atoms with Crippen LogP contribution in [0.5, 0.6) is 0 Å². The Morgan fingerprint density at radius 2 is 2.08 bits per heavy atom. The number of hydrogen-bond acceptors (Lipinski definition) is 6. The highest BCUT2D eigenvalue weighted by Crippen LogP contribution is 2.44. The number of benzene rings is 1. The standard InChI is InChI=1S/C20H20N2O3S/c1-12-6-8-13(9-7-12)18-14(10-21)20(26-11-17(24)25-2)22-15-4-3-5-16(23)19(15)18/h6-9,14,18H,3-5,11H2,1-2H3/t14?,18-/m1/s1. The Bertz CT molecular complexity index is 834. The van der Waals surface area contributed by atoms with E-state index in [9.17, 15) is 14.9 Å². The molecule has 0 amide bonds. The van der Waals surface area contributed by atoms with Gasteiger partial charge in [0.05, 0.1) is 24.0 Å². The lowest BCUT2D eigenvalue weighted by molar-refractivity contribution is -0.137. The summed E-state index contributed by atoms with van der Waals surface area (Å²) in [6.45, 7) is 2.00. The quantitative estimate of drug-likeness (QED) is 0.762. The van der Waals surface area contributed by atoms with E-state index in [-0.39, 0.29) is 23.4 Å². The molecule has 0 saturated heterocycles. The summed E-state index contributed by atoms with van der Waals surface area (Å²) in [6.07, 6.45) is 2.00. The summed E-state index contributed by atoms with van der Waals surface area (Å²) in [6, 6.07) is 10.3. The monoisotopic (exact) mass is 368 g/mol. The molecule has 1 unspecified atom stereocenters. The van der Waals surface area contributed by atoms with Gasteiger partial charge >= 0.3 is 5.97 Å². The number of nitrogens with zero attached hydrogens (tertiary/aromatic N) is 2. The average Bonchev–Trinajstić information content (AvgIpc) is 2.65. The van der Waals surface area contributed by atoms with Gasteiger partial charge in [0, 0.05) is 23.6 Å². The normalized spacial score (nSPS) is 22.3. The number of ketones is 1. The highest BCUT2D eigenvalue weighted by Gasteiger charge is 2.40. The first-order valence-electron chi connectivity index (χ1n) is 8.55. The maximum absolute atomic E-state index is 12.6. The highest BCUT2D eigenvalue weighted by molar-refractivity contribution is 8.14. The predicted octanol–water partition coefficient (Wildman–Crippen LogP) is 3.54. The number of aryl methyl sites for hydroxylation is 1. The van der Waals surface area contributed by atoms with E-state index in [0.29, 0.717) is 17.0 Å². The number of allylic oxidation sites excluding steroid dienone is 2. The summed E-state index contributed by atoms with van der Waals surface area (Å²) in [5.41, 5.74) is 3.51. The van der Waals surface area contributed by atoms with E-state index in [2.05, 4.69) is 11.1 Å². The van der Waals surface area contributed by atoms with Gasteiger partial charge in [0.15, 0.2) is 5.78 Å². The molecule has 0 aromatic heterocycles. The molecule has 1 aliphatic carbocycles. The summed E-state index contributed by atoms with van der Waals surface area (Å²) in [5, 5.41) is 10.4. The molecule has 2 atom stereocenters. The van der Waals surface area contributed by atoms with Crippen molar-refractivity contribution in [3.8, 4) is 6.07 Å². The van der Waals surface area contributed by atoms with Gasteiger partial charge in [-0.2, -0.15) is 5.26 Å². The zero-order chi connectivity index (χ0) is 18.7. The van der Waals surface area contributed by atoms with Crippen molar-refractivity contribution in [2.24, 2.45) is 10.9 Å². The van der Waals surface area contributed by atoms with Crippen molar-refractivity contribution in [3.05, 3.63) is 46.7 Å². The van der Waals surface area contributed by atoms with Gasteiger partial charge in [-0.05, 0) is 25.3 Å². The van der Waals surface area contributed by atoms with Gasteiger partial charge in [-0.1, -0.05) is 41.6 Å². The van der Waals surface area contributed by atoms with Crippen LogP contribution in [0.15, 0.2) is 40.5 Å². The maximum Gasteiger partial charge on any atom is 0.316 e. The van der Waals surface area contributed by atoms with Gasteiger partial charge in [-0.25, -0.2) is 4.99 Å². The van der Waals surface area contributed by atoms with Crippen LogP contribution in [0.1, 0.15) is 36.3 Å². The fraction of sp³-hybridized carbons (Fsp3) is 0.400. The van der Waals surface area contributed by atoms with Crippen molar-refractivity contribution in [2.75, 3.05) is 12.9 Å². The Morgan fingerprint density at radius 3 is 2.73 bits per heavy atom. The molecule has 1 heterocycles. The molecule has 0 radical (unpaired) electrons. The van der Waals surface area contributed by atoms with Crippen LogP contribution in [-0.4, -0.2) is 29.7 Å². The summed E-state index contributed by atoms with van der Waals surface area (Å²) >= 11 is 1.23. The number of methoxy groups -OCH3 is 1. The lowest BCUT2D eigenvalue weighted by atomic mass is 9.74. The average molecular weight is 368 g/mol. The largest absolute Gasteiger partial charge is 0.468 e. The van der Waals surface area contributed by atoms with Gasteiger partial charge in [-0.3, -0.25) is 9.59 Å². The third-order valence-corrected chi connectivity index (χ3v) is 5.75. The number of carbonyl (C=O) groups excluding carboxylic acids is 2. The Labute approximate surface area is 157 Å². The van der Waals surface area contributed by atoms with Gasteiger partial charge in [0.25, 0.3) is 0 Å². The molecule has 0 saturated carbocycles. The van der Waals surface area contributed by atoms with E-state index in [1.165, 1.54) is 18.9 Å². The van der Waals surface area contributed by atoms with E-state index in [4.69, 9.17) is 4.74 Å². The molecule has 5 nitrogen and oxygen atoms in total. The molecule has 26 heavy (non-hydrogen) atoms. The van der Waals surface area contributed by atoms with Crippen molar-refractivity contribution < 1.29 is 14.3 Å². The Morgan fingerprint density at radius 1 is 1.35 bits per heavy atom. The molecule has 1 aliphatic heterocycles. The molecule has 0 bridgehead atoms. The molecular formula is C20H20N2O3S. The molecule has 1 aromatic carbocycles. The number of aliphatic imine (C=N–C) groups is 1. The van der Waals surface area contributed by atoms with E-state index in [0.717, 1.165) is 29.7 Å². The zero-order valence-corrected chi connectivity index (χ0v) is 15.6. The second kappa shape index (κ2) is 7.88. The molecular weight excluding hydrogens is 348 g/mol. The molecule has 2 aliphatic rings. The smallest absolute Gasteiger partial charge is 0.316 e. The number of carbonyl (C=O) groups is 2. The second-order valence-corrected chi connectivity index (χ2v) is 7.44. The highest BCUT2D eigenvalue weighted by atomic mass is 32.2. The Balaban J connectivity index is 2.05. The van der Waals surface area contributed by atoms with E-state index in [1.54, 1.807) is 0 Å². The first-order chi connectivity index (χ1) is 12.5. The van der Waals surface area contributed by atoms with Crippen molar-refractivity contribution in [3.63, 3.8) is 0 Å². The summed E-state index contributed by atoms with van der Waals surface area (Å²) in [5.74, 6) is -1.09. The minimum atomic E-state index is -0.576. The number of rotatable bonds is 3. The van der Waals surface area contributed by atoms with Crippen LogP contribution >= 0.6 is 11.8 Å². The lowest BCUT2D eigenvalue weighted by Crippen LogP contribution is -2.31. The number of Topliss-reactive ketones (excluding diaryl/α,β-unsaturated/α-hetero) is 1. The third-order valence-electron chi connectivity index (χ3n) is 4.73. The maximum atomic E-state index is 12.6. The van der Waals surface area contributed by atoms with E-state index in [1.807, 2.05) is 31.2 Å². The lowest BCUT2D eigenvalue weighted by Gasteiger charge is -2.33. The van der Waals surface area contributed by atoms with Crippen molar-refractivity contribution in [1.29, 1.82) is 5.26 Å². The second-order valence-electron chi connectivity index (χ2n) is 6.45. The molecule has 0 fully saturated rings. The number of thioether (sulfide) groups is 1. The van der Waals surface area contributed by atoms with Crippen molar-refractivity contribution in [1.82, 2.24) is 0 Å². The topological polar surface area (TPSA) is 79.5 Å². The van der Waals surface area contributed by atoms with E-state index < -0.39 is 5.92 Å². The molecule has 134 valence electrons. The van der Waals surface area contributed by atoms with Crippen LogP contribution < -0.4 is 0 Å². The fourth-order valence-corrected chi connectivity index (χ4v) is 4.33. The molecule has 3 rings (SSSR count). The first-order valence-corrected chi connectivity index (χ1v) is 9.54. The predicted molar refractivity (Wildman–Crippen MR) is 101 cm³/mol. The number of esters is 1. The summed E-state index contributed by atoms with van der Waals surface area (Å²) < 4.78 is 4.69. The SMILES string of the molecule is COC(=O)CSC1=NC2=C(C(=O)CCC2)[C@H](c2ccc(C)cc2)C1C#N. The fourth-order valence-electron chi connectivity index (χ4n) is 3.40. The number of hydrogen-bond donors (Lipinski definition) is 0. The number of nitriles is 1. The number of ether oxygens (including phenoxy) is 1. The summed E-state index contributed by atoms with van der Waals surface area (Å²) in [4.78, 5) is 28.8. The Kier molecular flexibility index (Phi) is 5.58. The first kappa shape index (κ1) is 18.4. The van der Waals surface area contributed by atoms with Crippen LogP contribution in [0.25, 0.3) is 0 Å². The molecule has 6 heteroatoms. The van der Waals surface area contributed by atoms with Crippen LogP contribution in [-0.2, 0) is 14.3 Å². The molecule has 0 N–H and O–H groups in total. The van der Waals surface area contributed by atoms with Gasteiger partial charge in [0.2, 0.25) is 0 Å². The third kappa shape index (κ3) is 3.58. The van der Waals surface area contributed by atoms with Crippen LogP contribution in [0.2, 0.25) is 0 Å². The summed E-state index contributed by atoms with van der Waals surface area (Å²) in [7, 11) is 1.34. The van der Waals surface area contributed by atoms with Crippen LogP contribution in [0.4, 0.5) is 0 Å². The Hall–Kier alpha value is -2.39. The van der Waals surface area contributed by atoms with Crippen molar-refractivity contribution in [2.45, 2.75) is 32.1 Å². The minimum Gasteiger partial charge on any atom is -0.468 e. The van der Waals surface area contributed by atoms with Crippen LogP contribution in [0, 0.1) is 24.2 Å². The molecule has 1 aromatic rings. The van der Waals surface area contributed by atoms with Crippen LogP contribution in [0.3, 0.4) is 0 Å². The van der Waals surface area contributed by atoms with Gasteiger partial charge in [-0.15, -0.1) is 0 Å². The van der Waals surface area contributed by atoms with E-state index >= 15 is 0 Å². The minimum absolute atomic E-state index is 0.0813. The molecule has 0 spiro atoms. The zero-order valence-electron chi connectivity index (χ0n) is 14.8. The van der Waals surface area contributed by atoms with Gasteiger partial charge in [0.1, 0.15) is 5.92 Å². The van der Waals surface area contributed by atoms with Crippen molar-refractivity contribution >= 4 is 28.6 Å².